The van der Waals surface area contributed by atoms with Crippen molar-refractivity contribution in [2.24, 2.45) is 5.73 Å². The lowest BCUT2D eigenvalue weighted by atomic mass is 10.0. The Morgan fingerprint density at radius 3 is 2.53 bits per heavy atom. The SMILES string of the molecule is CC1(C)CCCN1c1nc(C(F)(F)F)ccc1CN. The monoisotopic (exact) mass is 273 g/mol. The summed E-state index contributed by atoms with van der Waals surface area (Å²) in [5, 5.41) is 0. The lowest BCUT2D eigenvalue weighted by molar-refractivity contribution is -0.141. The number of hydrogen-bond acceptors (Lipinski definition) is 3. The van der Waals surface area contributed by atoms with Gasteiger partial charge in [0.1, 0.15) is 11.5 Å². The van der Waals surface area contributed by atoms with E-state index in [1.807, 2.05) is 18.7 Å². The molecule has 0 aromatic carbocycles. The van der Waals surface area contributed by atoms with Crippen molar-refractivity contribution >= 4 is 5.82 Å². The van der Waals surface area contributed by atoms with Gasteiger partial charge in [0, 0.05) is 24.2 Å². The molecule has 2 rings (SSSR count). The predicted molar refractivity (Wildman–Crippen MR) is 67.8 cm³/mol. The maximum atomic E-state index is 12.8. The average Bonchev–Trinajstić information content (AvgIpc) is 2.66. The number of halogens is 3. The van der Waals surface area contributed by atoms with Crippen LogP contribution in [0.1, 0.15) is 37.9 Å². The zero-order valence-electron chi connectivity index (χ0n) is 11.1. The Morgan fingerprint density at radius 2 is 2.05 bits per heavy atom. The maximum absolute atomic E-state index is 12.8. The van der Waals surface area contributed by atoms with Crippen molar-refractivity contribution in [3.63, 3.8) is 0 Å². The van der Waals surface area contributed by atoms with E-state index in [-0.39, 0.29) is 12.1 Å². The topological polar surface area (TPSA) is 42.2 Å². The molecule has 1 aliphatic heterocycles. The molecular formula is C13H18F3N3. The highest BCUT2D eigenvalue weighted by Gasteiger charge is 2.37. The highest BCUT2D eigenvalue weighted by Crippen LogP contribution is 2.36. The van der Waals surface area contributed by atoms with Gasteiger partial charge in [-0.25, -0.2) is 4.98 Å². The third kappa shape index (κ3) is 2.68. The molecular weight excluding hydrogens is 255 g/mol. The number of nitrogens with zero attached hydrogens (tertiary/aromatic N) is 2. The maximum Gasteiger partial charge on any atom is 0.433 e. The van der Waals surface area contributed by atoms with E-state index in [2.05, 4.69) is 4.98 Å². The van der Waals surface area contributed by atoms with Gasteiger partial charge < -0.3 is 10.6 Å². The molecule has 0 bridgehead atoms. The first-order valence-corrected chi connectivity index (χ1v) is 6.30. The number of alkyl halides is 3. The van der Waals surface area contributed by atoms with Gasteiger partial charge in [-0.1, -0.05) is 6.07 Å². The third-order valence-electron chi connectivity index (χ3n) is 3.62. The first kappa shape index (κ1) is 14.1. The van der Waals surface area contributed by atoms with Crippen molar-refractivity contribution < 1.29 is 13.2 Å². The van der Waals surface area contributed by atoms with Crippen LogP contribution in [-0.2, 0) is 12.7 Å². The molecule has 1 aromatic rings. The molecule has 0 amide bonds. The summed E-state index contributed by atoms with van der Waals surface area (Å²) in [5.74, 6) is 0.375. The fraction of sp³-hybridized carbons (Fsp3) is 0.615. The summed E-state index contributed by atoms with van der Waals surface area (Å²) in [7, 11) is 0. The minimum atomic E-state index is -4.42. The molecule has 1 aliphatic rings. The molecule has 2 N–H and O–H groups in total. The van der Waals surface area contributed by atoms with Crippen molar-refractivity contribution in [3.8, 4) is 0 Å². The Hall–Kier alpha value is -1.30. The van der Waals surface area contributed by atoms with Crippen LogP contribution in [0.5, 0.6) is 0 Å². The zero-order valence-corrected chi connectivity index (χ0v) is 11.1. The van der Waals surface area contributed by atoms with E-state index in [1.54, 1.807) is 0 Å². The number of hydrogen-bond donors (Lipinski definition) is 1. The van der Waals surface area contributed by atoms with Crippen molar-refractivity contribution in [2.75, 3.05) is 11.4 Å². The van der Waals surface area contributed by atoms with Crippen LogP contribution in [0.2, 0.25) is 0 Å². The summed E-state index contributed by atoms with van der Waals surface area (Å²) in [5.41, 5.74) is 5.24. The minimum absolute atomic E-state index is 0.179. The molecule has 0 atom stereocenters. The Labute approximate surface area is 110 Å². The summed E-state index contributed by atoms with van der Waals surface area (Å²) in [6, 6.07) is 2.42. The number of nitrogens with two attached hydrogens (primary N) is 1. The van der Waals surface area contributed by atoms with E-state index in [0.717, 1.165) is 18.9 Å². The van der Waals surface area contributed by atoms with Crippen LogP contribution in [0.15, 0.2) is 12.1 Å². The molecule has 6 heteroatoms. The largest absolute Gasteiger partial charge is 0.433 e. The van der Waals surface area contributed by atoms with Crippen molar-refractivity contribution in [1.29, 1.82) is 0 Å². The summed E-state index contributed by atoms with van der Waals surface area (Å²) in [4.78, 5) is 5.75. The second kappa shape index (κ2) is 4.67. The number of aromatic nitrogens is 1. The summed E-state index contributed by atoms with van der Waals surface area (Å²) >= 11 is 0. The smallest absolute Gasteiger partial charge is 0.351 e. The van der Waals surface area contributed by atoms with E-state index >= 15 is 0 Å². The molecule has 1 saturated heterocycles. The summed E-state index contributed by atoms with van der Waals surface area (Å²) in [6.45, 7) is 4.94. The molecule has 0 saturated carbocycles. The first-order chi connectivity index (χ1) is 8.75. The van der Waals surface area contributed by atoms with Gasteiger partial charge in [-0.15, -0.1) is 0 Å². The predicted octanol–water partition coefficient (Wildman–Crippen LogP) is 2.94. The Bertz CT molecular complexity index is 469. The van der Waals surface area contributed by atoms with Gasteiger partial charge in [-0.2, -0.15) is 13.2 Å². The van der Waals surface area contributed by atoms with Gasteiger partial charge in [0.2, 0.25) is 0 Å². The molecule has 0 radical (unpaired) electrons. The van der Waals surface area contributed by atoms with Gasteiger partial charge >= 0.3 is 6.18 Å². The first-order valence-electron chi connectivity index (χ1n) is 6.30. The lowest BCUT2D eigenvalue weighted by Crippen LogP contribution is -2.39. The number of pyridine rings is 1. The fourth-order valence-electron chi connectivity index (χ4n) is 2.53. The summed E-state index contributed by atoms with van der Waals surface area (Å²) in [6.07, 6.45) is -2.53. The van der Waals surface area contributed by atoms with E-state index in [0.29, 0.717) is 17.9 Å². The Kier molecular flexibility index (Phi) is 3.47. The highest BCUT2D eigenvalue weighted by atomic mass is 19.4. The van der Waals surface area contributed by atoms with Crippen LogP contribution >= 0.6 is 0 Å². The van der Waals surface area contributed by atoms with Crippen LogP contribution in [0.4, 0.5) is 19.0 Å². The van der Waals surface area contributed by atoms with E-state index in [4.69, 9.17) is 5.73 Å². The van der Waals surface area contributed by atoms with Crippen molar-refractivity contribution in [2.45, 2.75) is 44.9 Å². The van der Waals surface area contributed by atoms with Crippen molar-refractivity contribution in [3.05, 3.63) is 23.4 Å². The third-order valence-corrected chi connectivity index (χ3v) is 3.62. The average molecular weight is 273 g/mol. The fourth-order valence-corrected chi connectivity index (χ4v) is 2.53. The Morgan fingerprint density at radius 1 is 1.37 bits per heavy atom. The molecule has 1 fully saturated rings. The van der Waals surface area contributed by atoms with Crippen LogP contribution in [0.3, 0.4) is 0 Å². The van der Waals surface area contributed by atoms with E-state index in [9.17, 15) is 13.2 Å². The quantitative estimate of drug-likeness (QED) is 0.900. The number of rotatable bonds is 2. The molecule has 3 nitrogen and oxygen atoms in total. The van der Waals surface area contributed by atoms with Gasteiger partial charge in [0.05, 0.1) is 0 Å². The van der Waals surface area contributed by atoms with Crippen LogP contribution in [0, 0.1) is 0 Å². The Balaban J connectivity index is 2.48. The normalized spacial score (nSPS) is 18.9. The second-order valence-corrected chi connectivity index (χ2v) is 5.45. The second-order valence-electron chi connectivity index (χ2n) is 5.45. The highest BCUT2D eigenvalue weighted by molar-refractivity contribution is 5.51. The molecule has 2 heterocycles. The molecule has 1 aromatic heterocycles. The van der Waals surface area contributed by atoms with Gasteiger partial charge in [0.15, 0.2) is 0 Å². The van der Waals surface area contributed by atoms with Crippen LogP contribution in [0.25, 0.3) is 0 Å². The van der Waals surface area contributed by atoms with Crippen LogP contribution < -0.4 is 10.6 Å². The molecule has 19 heavy (non-hydrogen) atoms. The van der Waals surface area contributed by atoms with E-state index < -0.39 is 11.9 Å². The van der Waals surface area contributed by atoms with Crippen LogP contribution in [-0.4, -0.2) is 17.1 Å². The minimum Gasteiger partial charge on any atom is -0.351 e. The zero-order chi connectivity index (χ0) is 14.3. The molecule has 0 spiro atoms. The molecule has 0 aliphatic carbocycles. The van der Waals surface area contributed by atoms with E-state index in [1.165, 1.54) is 6.07 Å². The van der Waals surface area contributed by atoms with Gasteiger partial charge in [-0.05, 0) is 32.8 Å². The van der Waals surface area contributed by atoms with Gasteiger partial charge in [0.25, 0.3) is 0 Å². The number of anilines is 1. The molecule has 0 unspecified atom stereocenters. The van der Waals surface area contributed by atoms with Crippen molar-refractivity contribution in [1.82, 2.24) is 4.98 Å². The summed E-state index contributed by atoms with van der Waals surface area (Å²) < 4.78 is 38.3. The molecule has 106 valence electrons. The lowest BCUT2D eigenvalue weighted by Gasteiger charge is -2.34. The van der Waals surface area contributed by atoms with Gasteiger partial charge in [-0.3, -0.25) is 0 Å². The standard InChI is InChI=1S/C13H18F3N3/c1-12(2)6-3-7-19(12)11-9(8-17)4-5-10(18-11)13(14,15)16/h4-5H,3,6-8,17H2,1-2H3.